The predicted molar refractivity (Wildman–Crippen MR) is 58.5 cm³/mol. The molecule has 1 aromatic rings. The van der Waals surface area contributed by atoms with Crippen molar-refractivity contribution < 1.29 is 8.78 Å². The van der Waals surface area contributed by atoms with Gasteiger partial charge in [-0.1, -0.05) is 11.6 Å². The Morgan fingerprint density at radius 3 is 2.31 bits per heavy atom. The van der Waals surface area contributed by atoms with E-state index in [0.29, 0.717) is 6.07 Å². The Morgan fingerprint density at radius 2 is 1.81 bits per heavy atom. The molecular weight excluding hydrogens is 240 g/mol. The van der Waals surface area contributed by atoms with Gasteiger partial charge in [-0.2, -0.15) is 4.99 Å². The number of nitrogens with zero attached hydrogens (tertiary/aromatic N) is 2. The highest BCUT2D eigenvalue weighted by atomic mass is 35.5. The summed E-state index contributed by atoms with van der Waals surface area (Å²) in [6, 6.07) is 1.51. The highest BCUT2D eigenvalue weighted by molar-refractivity contribution is 6.33. The third kappa shape index (κ3) is 3.06. The van der Waals surface area contributed by atoms with Gasteiger partial charge in [-0.15, -0.1) is 0 Å². The lowest BCUT2D eigenvalue weighted by Crippen LogP contribution is -2.26. The number of guanidine groups is 2. The van der Waals surface area contributed by atoms with Crippen LogP contribution in [0.25, 0.3) is 0 Å². The average Bonchev–Trinajstić information content (AvgIpc) is 2.09. The summed E-state index contributed by atoms with van der Waals surface area (Å²) in [4.78, 5) is 6.87. The molecule has 0 saturated heterocycles. The van der Waals surface area contributed by atoms with Gasteiger partial charge in [0, 0.05) is 6.07 Å². The van der Waals surface area contributed by atoms with E-state index in [1.807, 2.05) is 0 Å². The fraction of sp³-hybridized carbons (Fsp3) is 0. The van der Waals surface area contributed by atoms with Crippen molar-refractivity contribution in [3.63, 3.8) is 0 Å². The number of halogens is 3. The molecule has 0 aliphatic rings. The Hall–Kier alpha value is -1.89. The maximum Gasteiger partial charge on any atom is 0.223 e. The summed E-state index contributed by atoms with van der Waals surface area (Å²) in [6.07, 6.45) is 0. The summed E-state index contributed by atoms with van der Waals surface area (Å²) in [5, 5.41) is -0.230. The molecule has 0 heterocycles. The van der Waals surface area contributed by atoms with E-state index < -0.39 is 11.6 Å². The lowest BCUT2D eigenvalue weighted by atomic mass is 10.3. The van der Waals surface area contributed by atoms with E-state index in [0.717, 1.165) is 6.07 Å². The van der Waals surface area contributed by atoms with Crippen molar-refractivity contribution in [2.45, 2.75) is 0 Å². The van der Waals surface area contributed by atoms with E-state index in [2.05, 4.69) is 9.98 Å². The van der Waals surface area contributed by atoms with Crippen LogP contribution in [0.1, 0.15) is 0 Å². The van der Waals surface area contributed by atoms with Gasteiger partial charge < -0.3 is 17.2 Å². The van der Waals surface area contributed by atoms with E-state index in [1.54, 1.807) is 0 Å². The molecule has 8 heteroatoms. The normalized spacial score (nSPS) is 11.3. The number of hydrogen-bond donors (Lipinski definition) is 3. The number of hydrogen-bond acceptors (Lipinski definition) is 1. The zero-order chi connectivity index (χ0) is 12.3. The minimum absolute atomic E-state index is 0.230. The first-order chi connectivity index (χ1) is 7.40. The second-order valence-electron chi connectivity index (χ2n) is 2.72. The Kier molecular flexibility index (Phi) is 3.62. The minimum Gasteiger partial charge on any atom is -0.370 e. The second-order valence-corrected chi connectivity index (χ2v) is 3.13. The van der Waals surface area contributed by atoms with Crippen molar-refractivity contribution >= 4 is 29.2 Å². The van der Waals surface area contributed by atoms with Crippen molar-refractivity contribution in [1.29, 1.82) is 0 Å². The Morgan fingerprint density at radius 1 is 1.19 bits per heavy atom. The lowest BCUT2D eigenvalue weighted by molar-refractivity contribution is 0.585. The molecule has 0 fully saturated rings. The van der Waals surface area contributed by atoms with Gasteiger partial charge >= 0.3 is 0 Å². The van der Waals surface area contributed by atoms with Crippen LogP contribution >= 0.6 is 11.6 Å². The molecule has 0 aromatic heterocycles. The van der Waals surface area contributed by atoms with Crippen LogP contribution < -0.4 is 17.2 Å². The van der Waals surface area contributed by atoms with Crippen LogP contribution in [-0.4, -0.2) is 11.9 Å². The third-order valence-electron chi connectivity index (χ3n) is 1.45. The molecule has 16 heavy (non-hydrogen) atoms. The van der Waals surface area contributed by atoms with Crippen molar-refractivity contribution in [3.05, 3.63) is 28.8 Å². The molecule has 0 radical (unpaired) electrons. The fourth-order valence-corrected chi connectivity index (χ4v) is 1.15. The zero-order valence-corrected chi connectivity index (χ0v) is 8.67. The molecule has 0 atom stereocenters. The number of aliphatic imine (C=N–C) groups is 2. The number of rotatable bonds is 1. The molecular formula is C8H8ClF2N5. The Labute approximate surface area is 94.6 Å². The topological polar surface area (TPSA) is 103 Å². The highest BCUT2D eigenvalue weighted by Gasteiger charge is 2.09. The van der Waals surface area contributed by atoms with Crippen molar-refractivity contribution in [2.24, 2.45) is 27.2 Å². The van der Waals surface area contributed by atoms with Gasteiger partial charge in [0.2, 0.25) is 5.96 Å². The molecule has 5 nitrogen and oxygen atoms in total. The molecule has 0 bridgehead atoms. The van der Waals surface area contributed by atoms with E-state index >= 15 is 0 Å². The van der Waals surface area contributed by atoms with Gasteiger partial charge in [0.15, 0.2) is 11.8 Å². The van der Waals surface area contributed by atoms with Gasteiger partial charge in [-0.25, -0.2) is 13.8 Å². The van der Waals surface area contributed by atoms with Gasteiger partial charge in [-0.05, 0) is 6.07 Å². The maximum absolute atomic E-state index is 13.2. The van der Waals surface area contributed by atoms with Crippen molar-refractivity contribution in [2.75, 3.05) is 0 Å². The first kappa shape index (κ1) is 12.2. The van der Waals surface area contributed by atoms with Crippen molar-refractivity contribution in [3.8, 4) is 0 Å². The Bertz CT molecular complexity index is 444. The first-order valence-corrected chi connectivity index (χ1v) is 4.36. The highest BCUT2D eigenvalue weighted by Crippen LogP contribution is 2.29. The standard InChI is InChI=1S/C8H8ClF2N5/c9-4-1-3(10)2-5(11)6(4)15-8(14)16-7(12)13/h1-2H,(H6,12,13,14,15,16). The van der Waals surface area contributed by atoms with E-state index in [1.165, 1.54) is 0 Å². The number of nitrogens with two attached hydrogens (primary N) is 3. The molecule has 0 aliphatic carbocycles. The smallest absolute Gasteiger partial charge is 0.223 e. The monoisotopic (exact) mass is 247 g/mol. The SMILES string of the molecule is NC(N)=NC(N)=Nc1c(F)cc(F)cc1Cl. The summed E-state index contributed by atoms with van der Waals surface area (Å²) >= 11 is 5.56. The van der Waals surface area contributed by atoms with Crippen LogP contribution in [0.4, 0.5) is 14.5 Å². The molecule has 0 unspecified atom stereocenters. The van der Waals surface area contributed by atoms with Crippen LogP contribution in [0.15, 0.2) is 22.1 Å². The minimum atomic E-state index is -0.959. The average molecular weight is 248 g/mol. The number of benzene rings is 1. The molecule has 1 aromatic carbocycles. The van der Waals surface area contributed by atoms with Gasteiger partial charge in [0.1, 0.15) is 11.5 Å². The molecule has 6 N–H and O–H groups in total. The fourth-order valence-electron chi connectivity index (χ4n) is 0.913. The molecule has 0 amide bonds. The Balaban J connectivity index is 3.20. The maximum atomic E-state index is 13.2. The van der Waals surface area contributed by atoms with Gasteiger partial charge in [-0.3, -0.25) is 0 Å². The second kappa shape index (κ2) is 4.75. The van der Waals surface area contributed by atoms with Crippen LogP contribution in [0.5, 0.6) is 0 Å². The predicted octanol–water partition coefficient (Wildman–Crippen LogP) is 0.838. The lowest BCUT2D eigenvalue weighted by Gasteiger charge is -2.01. The summed E-state index contributed by atoms with van der Waals surface area (Å²) < 4.78 is 25.9. The molecule has 86 valence electrons. The molecule has 0 saturated carbocycles. The summed E-state index contributed by atoms with van der Waals surface area (Å²) in [5.41, 5.74) is 15.0. The van der Waals surface area contributed by atoms with Gasteiger partial charge in [0.25, 0.3) is 0 Å². The largest absolute Gasteiger partial charge is 0.370 e. The zero-order valence-electron chi connectivity index (χ0n) is 7.92. The third-order valence-corrected chi connectivity index (χ3v) is 1.74. The van der Waals surface area contributed by atoms with E-state index in [-0.39, 0.29) is 22.6 Å². The van der Waals surface area contributed by atoms with Gasteiger partial charge in [0.05, 0.1) is 5.02 Å². The van der Waals surface area contributed by atoms with E-state index in [9.17, 15) is 8.78 Å². The first-order valence-electron chi connectivity index (χ1n) is 3.98. The van der Waals surface area contributed by atoms with Crippen LogP contribution in [0.3, 0.4) is 0 Å². The molecule has 1 rings (SSSR count). The van der Waals surface area contributed by atoms with E-state index in [4.69, 9.17) is 28.8 Å². The summed E-state index contributed by atoms with van der Waals surface area (Å²) in [5.74, 6) is -2.49. The molecule has 0 aliphatic heterocycles. The van der Waals surface area contributed by atoms with Crippen molar-refractivity contribution in [1.82, 2.24) is 0 Å². The van der Waals surface area contributed by atoms with Crippen LogP contribution in [-0.2, 0) is 0 Å². The quantitative estimate of drug-likeness (QED) is 0.506. The molecule has 0 spiro atoms. The van der Waals surface area contributed by atoms with Crippen LogP contribution in [0, 0.1) is 11.6 Å². The summed E-state index contributed by atoms with van der Waals surface area (Å²) in [6.45, 7) is 0. The van der Waals surface area contributed by atoms with Crippen LogP contribution in [0.2, 0.25) is 5.02 Å². The summed E-state index contributed by atoms with van der Waals surface area (Å²) in [7, 11) is 0.